The fraction of sp³-hybridized carbons (Fsp3) is 0.562. The molecule has 1 aliphatic heterocycles. The Hall–Kier alpha value is -2.36. The third-order valence-electron chi connectivity index (χ3n) is 4.57. The van der Waals surface area contributed by atoms with Crippen LogP contribution in [0.1, 0.15) is 25.3 Å². The first-order valence-corrected chi connectivity index (χ1v) is 8.20. The number of alkyl halides is 3. The molecule has 1 aliphatic rings. The number of aliphatic carboxylic acids is 1. The lowest BCUT2D eigenvalue weighted by molar-refractivity contribution is -0.384. The number of rotatable bonds is 6. The molecule has 0 bridgehead atoms. The maximum absolute atomic E-state index is 12.8. The Morgan fingerprint density at radius 3 is 2.46 bits per heavy atom. The van der Waals surface area contributed by atoms with Crippen LogP contribution in [0.2, 0.25) is 0 Å². The van der Waals surface area contributed by atoms with Gasteiger partial charge in [-0.2, -0.15) is 13.2 Å². The molecule has 26 heavy (non-hydrogen) atoms. The van der Waals surface area contributed by atoms with Crippen molar-refractivity contribution in [2.24, 2.45) is 0 Å². The molecule has 0 aromatic heterocycles. The molecule has 0 radical (unpaired) electrons. The zero-order valence-electron chi connectivity index (χ0n) is 14.2. The highest BCUT2D eigenvalue weighted by Gasteiger charge is 2.34. The lowest BCUT2D eigenvalue weighted by Gasteiger charge is -2.38. The van der Waals surface area contributed by atoms with Crippen molar-refractivity contribution in [3.8, 4) is 0 Å². The van der Waals surface area contributed by atoms with Crippen LogP contribution >= 0.6 is 0 Å². The highest BCUT2D eigenvalue weighted by molar-refractivity contribution is 5.69. The van der Waals surface area contributed by atoms with Gasteiger partial charge in [0.15, 0.2) is 0 Å². The first-order chi connectivity index (χ1) is 12.1. The van der Waals surface area contributed by atoms with E-state index in [9.17, 15) is 28.1 Å². The molecule has 0 aliphatic carbocycles. The summed E-state index contributed by atoms with van der Waals surface area (Å²) in [5.41, 5.74) is -1.47. The van der Waals surface area contributed by atoms with Gasteiger partial charge in [-0.3, -0.25) is 19.8 Å². The number of carboxylic acid groups (broad SMARTS) is 1. The van der Waals surface area contributed by atoms with Crippen LogP contribution in [-0.2, 0) is 11.0 Å². The number of carboxylic acids is 1. The third kappa shape index (κ3) is 4.63. The summed E-state index contributed by atoms with van der Waals surface area (Å²) in [6.45, 7) is 3.16. The molecule has 0 amide bonds. The van der Waals surface area contributed by atoms with E-state index in [-0.39, 0.29) is 18.3 Å². The molecule has 1 fully saturated rings. The zero-order valence-corrected chi connectivity index (χ0v) is 14.2. The van der Waals surface area contributed by atoms with Gasteiger partial charge >= 0.3 is 12.1 Å². The van der Waals surface area contributed by atoms with Gasteiger partial charge in [-0.05, 0) is 31.5 Å². The molecule has 1 N–H and O–H groups in total. The number of anilines is 1. The van der Waals surface area contributed by atoms with Gasteiger partial charge in [-0.25, -0.2) is 0 Å². The van der Waals surface area contributed by atoms with Crippen LogP contribution in [0.15, 0.2) is 18.2 Å². The van der Waals surface area contributed by atoms with Crippen molar-refractivity contribution < 1.29 is 28.0 Å². The number of hydrogen-bond donors (Lipinski definition) is 1. The maximum atomic E-state index is 12.8. The van der Waals surface area contributed by atoms with Gasteiger partial charge in [0, 0.05) is 25.2 Å². The van der Waals surface area contributed by atoms with E-state index in [1.807, 2.05) is 11.8 Å². The minimum absolute atomic E-state index is 0.0286. The molecule has 0 unspecified atom stereocenters. The number of carbonyl (C=O) groups is 1. The molecule has 7 nitrogen and oxygen atoms in total. The van der Waals surface area contributed by atoms with Crippen LogP contribution in [-0.4, -0.2) is 53.1 Å². The summed E-state index contributed by atoms with van der Waals surface area (Å²) in [7, 11) is 0. The standard InChI is InChI=1S/C16H20F3N3O4/c1-2-20(10-15(23)24)12-5-7-21(8-6-12)13-4-3-11(16(17,18)19)9-14(13)22(25)26/h3-4,9,12H,2,5-8,10H2,1H3,(H,23,24). The molecular formula is C16H20F3N3O4. The Balaban J connectivity index is 2.16. The summed E-state index contributed by atoms with van der Waals surface area (Å²) in [5, 5.41) is 20.2. The van der Waals surface area contributed by atoms with Crippen molar-refractivity contribution in [3.63, 3.8) is 0 Å². The highest BCUT2D eigenvalue weighted by Crippen LogP contribution is 2.37. The second-order valence-electron chi connectivity index (χ2n) is 6.13. The van der Waals surface area contributed by atoms with Crippen LogP contribution in [0.4, 0.5) is 24.5 Å². The first-order valence-electron chi connectivity index (χ1n) is 8.20. The van der Waals surface area contributed by atoms with E-state index < -0.39 is 28.3 Å². The van der Waals surface area contributed by atoms with E-state index in [4.69, 9.17) is 5.11 Å². The van der Waals surface area contributed by atoms with Crippen LogP contribution in [0.3, 0.4) is 0 Å². The Kier molecular flexibility index (Phi) is 6.06. The minimum atomic E-state index is -4.64. The van der Waals surface area contributed by atoms with Gasteiger partial charge in [0.25, 0.3) is 5.69 Å². The van der Waals surface area contributed by atoms with Crippen molar-refractivity contribution in [2.45, 2.75) is 32.0 Å². The number of piperidine rings is 1. The SMILES string of the molecule is CCN(CC(=O)O)C1CCN(c2ccc(C(F)(F)F)cc2[N+](=O)[O-])CC1. The molecule has 1 aromatic carbocycles. The van der Waals surface area contributed by atoms with Crippen molar-refractivity contribution in [1.29, 1.82) is 0 Å². The van der Waals surface area contributed by atoms with E-state index >= 15 is 0 Å². The Morgan fingerprint density at radius 2 is 2.00 bits per heavy atom. The minimum Gasteiger partial charge on any atom is -0.480 e. The molecule has 10 heteroatoms. The molecule has 1 heterocycles. The number of nitro groups is 1. The predicted octanol–water partition coefficient (Wildman–Crippen LogP) is 2.99. The van der Waals surface area contributed by atoms with Crippen molar-refractivity contribution >= 4 is 17.3 Å². The summed E-state index contributed by atoms with van der Waals surface area (Å²) in [6, 6.07) is 2.57. The highest BCUT2D eigenvalue weighted by atomic mass is 19.4. The van der Waals surface area contributed by atoms with Crippen molar-refractivity contribution in [3.05, 3.63) is 33.9 Å². The summed E-state index contributed by atoms with van der Waals surface area (Å²) in [5.74, 6) is -0.923. The predicted molar refractivity (Wildman–Crippen MR) is 88.2 cm³/mol. The van der Waals surface area contributed by atoms with Gasteiger partial charge < -0.3 is 10.0 Å². The van der Waals surface area contributed by atoms with Gasteiger partial charge in [0.05, 0.1) is 17.0 Å². The van der Waals surface area contributed by atoms with Crippen LogP contribution in [0, 0.1) is 10.1 Å². The summed E-state index contributed by atoms with van der Waals surface area (Å²) >= 11 is 0. The Labute approximate surface area is 148 Å². The van der Waals surface area contributed by atoms with E-state index in [0.29, 0.717) is 38.5 Å². The second kappa shape index (κ2) is 7.90. The Bertz CT molecular complexity index is 673. The van der Waals surface area contributed by atoms with Gasteiger partial charge in [-0.15, -0.1) is 0 Å². The summed E-state index contributed by atoms with van der Waals surface area (Å²) in [6.07, 6.45) is -3.48. The van der Waals surface area contributed by atoms with Crippen molar-refractivity contribution in [1.82, 2.24) is 4.90 Å². The molecule has 2 rings (SSSR count). The maximum Gasteiger partial charge on any atom is 0.416 e. The molecule has 0 atom stereocenters. The number of nitro benzene ring substituents is 1. The molecule has 1 aromatic rings. The number of halogens is 3. The quantitative estimate of drug-likeness (QED) is 0.608. The smallest absolute Gasteiger partial charge is 0.416 e. The van der Waals surface area contributed by atoms with E-state index in [1.165, 1.54) is 0 Å². The second-order valence-corrected chi connectivity index (χ2v) is 6.13. The van der Waals surface area contributed by atoms with Gasteiger partial charge in [-0.1, -0.05) is 6.92 Å². The first kappa shape index (κ1) is 20.0. The lowest BCUT2D eigenvalue weighted by Crippen LogP contribution is -2.46. The molecule has 144 valence electrons. The largest absolute Gasteiger partial charge is 0.480 e. The number of benzene rings is 1. The molecule has 0 saturated carbocycles. The average Bonchev–Trinajstić information content (AvgIpc) is 2.58. The normalized spacial score (nSPS) is 16.1. The number of likely N-dealkylation sites (N-methyl/N-ethyl adjacent to an activating group) is 1. The fourth-order valence-electron chi connectivity index (χ4n) is 3.26. The van der Waals surface area contributed by atoms with E-state index in [1.54, 1.807) is 4.90 Å². The lowest BCUT2D eigenvalue weighted by atomic mass is 10.0. The summed E-state index contributed by atoms with van der Waals surface area (Å²) in [4.78, 5) is 24.8. The van der Waals surface area contributed by atoms with Crippen LogP contribution in [0.5, 0.6) is 0 Å². The molecule has 1 saturated heterocycles. The van der Waals surface area contributed by atoms with Crippen molar-refractivity contribution in [2.75, 3.05) is 31.1 Å². The third-order valence-corrected chi connectivity index (χ3v) is 4.57. The van der Waals surface area contributed by atoms with Gasteiger partial charge in [0.1, 0.15) is 5.69 Å². The molecular weight excluding hydrogens is 355 g/mol. The Morgan fingerprint density at radius 1 is 1.38 bits per heavy atom. The topological polar surface area (TPSA) is 86.9 Å². The monoisotopic (exact) mass is 375 g/mol. The van der Waals surface area contributed by atoms with Crippen LogP contribution < -0.4 is 4.90 Å². The van der Waals surface area contributed by atoms with E-state index in [2.05, 4.69) is 0 Å². The average molecular weight is 375 g/mol. The number of nitrogens with zero attached hydrogens (tertiary/aromatic N) is 3. The van der Waals surface area contributed by atoms with E-state index in [0.717, 1.165) is 12.1 Å². The van der Waals surface area contributed by atoms with Gasteiger partial charge in [0.2, 0.25) is 0 Å². The van der Waals surface area contributed by atoms with Crippen LogP contribution in [0.25, 0.3) is 0 Å². The number of hydrogen-bond acceptors (Lipinski definition) is 5. The summed E-state index contributed by atoms with van der Waals surface area (Å²) < 4.78 is 38.4. The zero-order chi connectivity index (χ0) is 19.5. The molecule has 0 spiro atoms. The fourth-order valence-corrected chi connectivity index (χ4v) is 3.26.